The summed E-state index contributed by atoms with van der Waals surface area (Å²) in [5.41, 5.74) is 2.89. The summed E-state index contributed by atoms with van der Waals surface area (Å²) in [6, 6.07) is 12.8. The summed E-state index contributed by atoms with van der Waals surface area (Å²) in [5.74, 6) is -0.569. The maximum atomic E-state index is 13.0. The summed E-state index contributed by atoms with van der Waals surface area (Å²) in [4.78, 5) is 15.7. The first-order valence-corrected chi connectivity index (χ1v) is 8.62. The number of nitrogens with one attached hydrogen (secondary N) is 1. The molecule has 2 aromatic rings. The molecule has 4 rings (SSSR count). The van der Waals surface area contributed by atoms with Gasteiger partial charge in [0.15, 0.2) is 0 Å². The van der Waals surface area contributed by atoms with Crippen molar-refractivity contribution < 1.29 is 23.2 Å². The summed E-state index contributed by atoms with van der Waals surface area (Å²) in [7, 11) is 0. The zero-order valence-corrected chi connectivity index (χ0v) is 14.3. The van der Waals surface area contributed by atoms with Crippen molar-refractivity contribution in [1.29, 1.82) is 0 Å². The van der Waals surface area contributed by atoms with Gasteiger partial charge in [0, 0.05) is 42.1 Å². The highest BCUT2D eigenvalue weighted by Gasteiger charge is 2.43. The van der Waals surface area contributed by atoms with E-state index in [1.807, 2.05) is 17.0 Å². The minimum absolute atomic E-state index is 0.152. The van der Waals surface area contributed by atoms with Crippen LogP contribution in [0.3, 0.4) is 0 Å². The van der Waals surface area contributed by atoms with Crippen molar-refractivity contribution >= 4 is 17.3 Å². The molecule has 2 aromatic carbocycles. The van der Waals surface area contributed by atoms with Gasteiger partial charge in [0.05, 0.1) is 5.56 Å². The van der Waals surface area contributed by atoms with Crippen LogP contribution >= 0.6 is 0 Å². The van der Waals surface area contributed by atoms with Gasteiger partial charge in [-0.1, -0.05) is 6.07 Å². The Labute approximate surface area is 154 Å². The summed E-state index contributed by atoms with van der Waals surface area (Å²) in [5, 5.41) is 8.68. The number of anilines is 2. The Morgan fingerprint density at radius 2 is 1.63 bits per heavy atom. The van der Waals surface area contributed by atoms with Crippen molar-refractivity contribution in [2.45, 2.75) is 24.7 Å². The molecule has 8 heteroatoms. The van der Waals surface area contributed by atoms with E-state index < -0.39 is 17.6 Å². The zero-order chi connectivity index (χ0) is 19.2. The fraction of sp³-hybridized carbons (Fsp3) is 0.316. The molecule has 1 amide bonds. The molecule has 0 spiro atoms. The van der Waals surface area contributed by atoms with E-state index in [2.05, 4.69) is 4.90 Å². The highest BCUT2D eigenvalue weighted by molar-refractivity contribution is 5.93. The normalized spacial score (nSPS) is 21.6. The molecule has 0 radical (unpaired) electrons. The molecular weight excluding hydrogens is 359 g/mol. The molecule has 2 unspecified atom stereocenters. The molecule has 0 aliphatic carbocycles. The lowest BCUT2D eigenvalue weighted by atomic mass is 10.1. The van der Waals surface area contributed by atoms with Crippen LogP contribution in [0.2, 0.25) is 0 Å². The monoisotopic (exact) mass is 377 g/mol. The fourth-order valence-electron chi connectivity index (χ4n) is 4.03. The van der Waals surface area contributed by atoms with Crippen LogP contribution in [0, 0.1) is 0 Å². The Hall–Kier alpha value is -2.74. The van der Waals surface area contributed by atoms with Gasteiger partial charge in [-0.05, 0) is 48.9 Å². The zero-order valence-electron chi connectivity index (χ0n) is 14.3. The molecule has 2 heterocycles. The first-order chi connectivity index (χ1) is 12.9. The number of amides is 1. The molecule has 0 aromatic heterocycles. The van der Waals surface area contributed by atoms with E-state index in [1.54, 1.807) is 23.7 Å². The van der Waals surface area contributed by atoms with E-state index in [1.165, 1.54) is 12.1 Å². The van der Waals surface area contributed by atoms with Crippen LogP contribution in [0.25, 0.3) is 0 Å². The second kappa shape index (κ2) is 6.45. The van der Waals surface area contributed by atoms with Crippen LogP contribution in [-0.2, 0) is 6.18 Å². The Bertz CT molecular complexity index is 854. The lowest BCUT2D eigenvalue weighted by molar-refractivity contribution is -0.137. The van der Waals surface area contributed by atoms with Gasteiger partial charge in [-0.15, -0.1) is 0 Å². The molecule has 27 heavy (non-hydrogen) atoms. The van der Waals surface area contributed by atoms with E-state index in [9.17, 15) is 18.0 Å². The number of hydrogen-bond donors (Lipinski definition) is 2. The number of nitrogens with zero attached hydrogens (tertiary/aromatic N) is 2. The summed E-state index contributed by atoms with van der Waals surface area (Å²) in [6.07, 6.45) is -3.46. The first-order valence-electron chi connectivity index (χ1n) is 8.62. The predicted molar refractivity (Wildman–Crippen MR) is 94.0 cm³/mol. The third-order valence-corrected chi connectivity index (χ3v) is 5.31. The third kappa shape index (κ3) is 3.21. The van der Waals surface area contributed by atoms with E-state index in [-0.39, 0.29) is 12.1 Å². The Morgan fingerprint density at radius 3 is 2.19 bits per heavy atom. The quantitative estimate of drug-likeness (QED) is 0.637. The number of halogens is 3. The van der Waals surface area contributed by atoms with Gasteiger partial charge < -0.3 is 9.80 Å². The molecule has 2 saturated heterocycles. The number of fused-ring (bicyclic) bond motifs is 2. The van der Waals surface area contributed by atoms with E-state index in [0.717, 1.165) is 18.2 Å². The minimum Gasteiger partial charge on any atom is -0.365 e. The topological polar surface area (TPSA) is 55.8 Å². The van der Waals surface area contributed by atoms with Crippen LogP contribution < -0.4 is 15.3 Å². The van der Waals surface area contributed by atoms with E-state index in [4.69, 9.17) is 5.21 Å². The number of carbonyl (C=O) groups excluding carboxylic acids is 1. The summed E-state index contributed by atoms with van der Waals surface area (Å²) in [6.45, 7) is 1.37. The van der Waals surface area contributed by atoms with E-state index in [0.29, 0.717) is 24.3 Å². The smallest absolute Gasteiger partial charge is 0.365 e. The number of hydroxylamine groups is 1. The van der Waals surface area contributed by atoms with Gasteiger partial charge in [0.25, 0.3) is 5.91 Å². The standard InChI is InChI=1S/C19H18F3N3O2/c20-19(21,22)13-2-1-3-15(8-13)25-11-16-9-17(25)10-24(16)14-6-4-12(5-7-14)18(26)23-27/h1-8,16-17,27H,9-11H2,(H,23,26). The summed E-state index contributed by atoms with van der Waals surface area (Å²) >= 11 is 0. The molecule has 0 saturated carbocycles. The molecule has 2 atom stereocenters. The molecule has 2 fully saturated rings. The minimum atomic E-state index is -4.34. The highest BCUT2D eigenvalue weighted by atomic mass is 19.4. The molecule has 2 bridgehead atoms. The lowest BCUT2D eigenvalue weighted by Gasteiger charge is -2.37. The van der Waals surface area contributed by atoms with Crippen LogP contribution in [0.1, 0.15) is 22.3 Å². The second-order valence-electron chi connectivity index (χ2n) is 6.88. The lowest BCUT2D eigenvalue weighted by Crippen LogP contribution is -2.46. The van der Waals surface area contributed by atoms with Gasteiger partial charge in [-0.3, -0.25) is 10.0 Å². The van der Waals surface area contributed by atoms with Crippen molar-refractivity contribution in [3.05, 3.63) is 59.7 Å². The third-order valence-electron chi connectivity index (χ3n) is 5.31. The molecule has 5 nitrogen and oxygen atoms in total. The van der Waals surface area contributed by atoms with Gasteiger partial charge in [0.1, 0.15) is 0 Å². The van der Waals surface area contributed by atoms with Crippen LogP contribution in [0.4, 0.5) is 24.5 Å². The highest BCUT2D eigenvalue weighted by Crippen LogP contribution is 2.39. The number of carbonyl (C=O) groups is 1. The van der Waals surface area contributed by atoms with E-state index >= 15 is 0 Å². The van der Waals surface area contributed by atoms with Crippen molar-refractivity contribution in [3.63, 3.8) is 0 Å². The second-order valence-corrected chi connectivity index (χ2v) is 6.88. The van der Waals surface area contributed by atoms with Gasteiger partial charge >= 0.3 is 6.18 Å². The molecule has 142 valence electrons. The summed E-state index contributed by atoms with van der Waals surface area (Å²) < 4.78 is 38.9. The molecule has 2 N–H and O–H groups in total. The largest absolute Gasteiger partial charge is 0.416 e. The number of rotatable bonds is 3. The van der Waals surface area contributed by atoms with Gasteiger partial charge in [0.2, 0.25) is 0 Å². The van der Waals surface area contributed by atoms with Crippen molar-refractivity contribution in [2.75, 3.05) is 22.9 Å². The van der Waals surface area contributed by atoms with Crippen molar-refractivity contribution in [3.8, 4) is 0 Å². The number of alkyl halides is 3. The SMILES string of the molecule is O=C(NO)c1ccc(N2CC3CC2CN3c2cccc(C(F)(F)F)c2)cc1. The van der Waals surface area contributed by atoms with Gasteiger partial charge in [-0.2, -0.15) is 13.2 Å². The first kappa shape index (κ1) is 17.7. The predicted octanol–water partition coefficient (Wildman–Crippen LogP) is 3.29. The average Bonchev–Trinajstić information content (AvgIpc) is 3.28. The average molecular weight is 377 g/mol. The Kier molecular flexibility index (Phi) is 4.22. The Morgan fingerprint density at radius 1 is 1.00 bits per heavy atom. The molecule has 2 aliphatic heterocycles. The van der Waals surface area contributed by atoms with Crippen LogP contribution in [-0.4, -0.2) is 36.3 Å². The number of benzene rings is 2. The Balaban J connectivity index is 1.49. The number of hydrogen-bond acceptors (Lipinski definition) is 4. The van der Waals surface area contributed by atoms with Crippen LogP contribution in [0.15, 0.2) is 48.5 Å². The molecular formula is C19H18F3N3O2. The molecule has 2 aliphatic rings. The number of piperazine rings is 1. The van der Waals surface area contributed by atoms with Gasteiger partial charge in [-0.25, -0.2) is 5.48 Å². The van der Waals surface area contributed by atoms with Crippen LogP contribution in [0.5, 0.6) is 0 Å². The van der Waals surface area contributed by atoms with Crippen molar-refractivity contribution in [2.24, 2.45) is 0 Å². The fourth-order valence-corrected chi connectivity index (χ4v) is 4.03. The van der Waals surface area contributed by atoms with Crippen molar-refractivity contribution in [1.82, 2.24) is 5.48 Å². The maximum absolute atomic E-state index is 13.0. The maximum Gasteiger partial charge on any atom is 0.416 e.